The first-order valence-corrected chi connectivity index (χ1v) is 7.50. The van der Waals surface area contributed by atoms with Crippen LogP contribution in [0.3, 0.4) is 0 Å². The van der Waals surface area contributed by atoms with E-state index in [1.807, 2.05) is 45.9 Å². The molecule has 0 spiro atoms. The SMILES string of the molecule is CCC(N)Cc1cccc(C)c1OCC(=O)NC(C)(C)C. The van der Waals surface area contributed by atoms with Crippen LogP contribution in [0.2, 0.25) is 0 Å². The first kappa shape index (κ1) is 17.5. The summed E-state index contributed by atoms with van der Waals surface area (Å²) in [5.41, 5.74) is 7.87. The Morgan fingerprint density at radius 2 is 2.05 bits per heavy atom. The third-order valence-corrected chi connectivity index (χ3v) is 3.16. The quantitative estimate of drug-likeness (QED) is 0.847. The van der Waals surface area contributed by atoms with Crippen LogP contribution in [0.15, 0.2) is 18.2 Å². The zero-order valence-electron chi connectivity index (χ0n) is 13.8. The van der Waals surface area contributed by atoms with E-state index in [0.29, 0.717) is 0 Å². The highest BCUT2D eigenvalue weighted by Gasteiger charge is 2.16. The molecule has 0 aliphatic carbocycles. The standard InChI is InChI=1S/C17H28N2O2/c1-6-14(18)10-13-9-7-8-12(2)16(13)21-11-15(20)19-17(3,4)5/h7-9,14H,6,10-11,18H2,1-5H3,(H,19,20). The van der Waals surface area contributed by atoms with Crippen molar-refractivity contribution in [1.82, 2.24) is 5.32 Å². The fourth-order valence-electron chi connectivity index (χ4n) is 2.10. The first-order chi connectivity index (χ1) is 9.73. The molecule has 1 amide bonds. The molecule has 3 N–H and O–H groups in total. The lowest BCUT2D eigenvalue weighted by Gasteiger charge is -2.21. The molecule has 118 valence electrons. The van der Waals surface area contributed by atoms with Crippen molar-refractivity contribution in [2.75, 3.05) is 6.61 Å². The van der Waals surface area contributed by atoms with Crippen LogP contribution in [0.1, 0.15) is 45.2 Å². The van der Waals surface area contributed by atoms with Gasteiger partial charge in [-0.3, -0.25) is 4.79 Å². The van der Waals surface area contributed by atoms with Crippen LogP contribution in [0.5, 0.6) is 5.75 Å². The van der Waals surface area contributed by atoms with Gasteiger partial charge in [0.1, 0.15) is 5.75 Å². The molecule has 0 fully saturated rings. The molecule has 4 nitrogen and oxygen atoms in total. The summed E-state index contributed by atoms with van der Waals surface area (Å²) in [5, 5.41) is 2.89. The monoisotopic (exact) mass is 292 g/mol. The molecule has 1 atom stereocenters. The predicted octanol–water partition coefficient (Wildman–Crippen LogP) is 2.57. The maximum atomic E-state index is 11.9. The number of ether oxygens (including phenoxy) is 1. The molecule has 0 saturated heterocycles. The van der Waals surface area contributed by atoms with Crippen molar-refractivity contribution in [2.24, 2.45) is 5.73 Å². The third kappa shape index (κ3) is 6.17. The minimum absolute atomic E-state index is 0.0243. The fourth-order valence-corrected chi connectivity index (χ4v) is 2.10. The largest absolute Gasteiger partial charge is 0.483 e. The Labute approximate surface area is 128 Å². The topological polar surface area (TPSA) is 64.3 Å². The Balaban J connectivity index is 2.76. The van der Waals surface area contributed by atoms with Crippen LogP contribution in [0, 0.1) is 6.92 Å². The van der Waals surface area contributed by atoms with Crippen LogP contribution < -0.4 is 15.8 Å². The highest BCUT2D eigenvalue weighted by molar-refractivity contribution is 5.78. The summed E-state index contributed by atoms with van der Waals surface area (Å²) in [6.45, 7) is 9.92. The maximum Gasteiger partial charge on any atom is 0.258 e. The number of carbonyl (C=O) groups excluding carboxylic acids is 1. The summed E-state index contributed by atoms with van der Waals surface area (Å²) in [4.78, 5) is 11.9. The fraction of sp³-hybridized carbons (Fsp3) is 0.588. The van der Waals surface area contributed by atoms with Crippen molar-refractivity contribution >= 4 is 5.91 Å². The average molecular weight is 292 g/mol. The zero-order chi connectivity index (χ0) is 16.0. The van der Waals surface area contributed by atoms with E-state index in [-0.39, 0.29) is 24.1 Å². The highest BCUT2D eigenvalue weighted by atomic mass is 16.5. The van der Waals surface area contributed by atoms with Gasteiger partial charge in [-0.15, -0.1) is 0 Å². The number of nitrogens with one attached hydrogen (secondary N) is 1. The van der Waals surface area contributed by atoms with E-state index in [0.717, 1.165) is 29.7 Å². The Bertz CT molecular complexity index is 478. The van der Waals surface area contributed by atoms with Gasteiger partial charge in [-0.05, 0) is 51.7 Å². The van der Waals surface area contributed by atoms with E-state index in [1.54, 1.807) is 0 Å². The van der Waals surface area contributed by atoms with Crippen molar-refractivity contribution in [3.05, 3.63) is 29.3 Å². The molecule has 0 saturated carbocycles. The van der Waals surface area contributed by atoms with Crippen molar-refractivity contribution < 1.29 is 9.53 Å². The molecular weight excluding hydrogens is 264 g/mol. The number of hydrogen-bond donors (Lipinski definition) is 2. The molecule has 1 aromatic rings. The molecule has 4 heteroatoms. The molecule has 0 bridgehead atoms. The normalized spacial score (nSPS) is 12.9. The minimum atomic E-state index is -0.250. The van der Waals surface area contributed by atoms with E-state index < -0.39 is 0 Å². The van der Waals surface area contributed by atoms with Gasteiger partial charge in [0.05, 0.1) is 0 Å². The second kappa shape index (κ2) is 7.46. The summed E-state index contributed by atoms with van der Waals surface area (Å²) in [6, 6.07) is 6.10. The molecule has 1 rings (SSSR count). The number of amides is 1. The number of benzene rings is 1. The van der Waals surface area contributed by atoms with Gasteiger partial charge >= 0.3 is 0 Å². The van der Waals surface area contributed by atoms with Gasteiger partial charge in [0, 0.05) is 11.6 Å². The number of nitrogens with two attached hydrogens (primary N) is 1. The number of carbonyl (C=O) groups is 1. The van der Waals surface area contributed by atoms with Crippen molar-refractivity contribution in [3.8, 4) is 5.75 Å². The molecule has 0 aliphatic rings. The number of para-hydroxylation sites is 1. The number of rotatable bonds is 6. The van der Waals surface area contributed by atoms with Crippen molar-refractivity contribution in [3.63, 3.8) is 0 Å². The summed E-state index contributed by atoms with van der Waals surface area (Å²) < 4.78 is 5.75. The molecule has 21 heavy (non-hydrogen) atoms. The van der Waals surface area contributed by atoms with Gasteiger partial charge < -0.3 is 15.8 Å². The van der Waals surface area contributed by atoms with E-state index in [1.165, 1.54) is 0 Å². The van der Waals surface area contributed by atoms with Crippen LogP contribution in [0.25, 0.3) is 0 Å². The van der Waals surface area contributed by atoms with E-state index >= 15 is 0 Å². The average Bonchev–Trinajstić information content (AvgIpc) is 2.35. The third-order valence-electron chi connectivity index (χ3n) is 3.16. The zero-order valence-corrected chi connectivity index (χ0v) is 13.8. The van der Waals surface area contributed by atoms with Crippen molar-refractivity contribution in [1.29, 1.82) is 0 Å². The number of aryl methyl sites for hydroxylation is 1. The van der Waals surface area contributed by atoms with E-state index in [4.69, 9.17) is 10.5 Å². The Morgan fingerprint density at radius 1 is 1.38 bits per heavy atom. The van der Waals surface area contributed by atoms with Crippen LogP contribution in [-0.4, -0.2) is 24.1 Å². The molecule has 0 heterocycles. The molecule has 1 aromatic carbocycles. The molecule has 1 unspecified atom stereocenters. The second-order valence-corrected chi connectivity index (χ2v) is 6.52. The summed E-state index contributed by atoms with van der Waals surface area (Å²) in [5.74, 6) is 0.668. The van der Waals surface area contributed by atoms with Crippen molar-refractivity contribution in [2.45, 2.75) is 59.0 Å². The Hall–Kier alpha value is -1.55. The van der Waals surface area contributed by atoms with Crippen LogP contribution in [0.4, 0.5) is 0 Å². The van der Waals surface area contributed by atoms with Gasteiger partial charge in [0.2, 0.25) is 0 Å². The molecule has 0 aromatic heterocycles. The Morgan fingerprint density at radius 3 is 2.62 bits per heavy atom. The number of hydrogen-bond acceptors (Lipinski definition) is 3. The first-order valence-electron chi connectivity index (χ1n) is 7.50. The minimum Gasteiger partial charge on any atom is -0.483 e. The summed E-state index contributed by atoms with van der Waals surface area (Å²) in [7, 11) is 0. The summed E-state index contributed by atoms with van der Waals surface area (Å²) >= 11 is 0. The van der Waals surface area contributed by atoms with E-state index in [2.05, 4.69) is 12.2 Å². The lowest BCUT2D eigenvalue weighted by molar-refractivity contribution is -0.124. The van der Waals surface area contributed by atoms with Gasteiger partial charge in [0.25, 0.3) is 5.91 Å². The lowest BCUT2D eigenvalue weighted by atomic mass is 10.0. The van der Waals surface area contributed by atoms with Gasteiger partial charge in [0.15, 0.2) is 6.61 Å². The molecule has 0 radical (unpaired) electrons. The Kier molecular flexibility index (Phi) is 6.21. The van der Waals surface area contributed by atoms with Gasteiger partial charge in [-0.2, -0.15) is 0 Å². The second-order valence-electron chi connectivity index (χ2n) is 6.52. The van der Waals surface area contributed by atoms with Gasteiger partial charge in [-0.25, -0.2) is 0 Å². The van der Waals surface area contributed by atoms with Crippen LogP contribution >= 0.6 is 0 Å². The maximum absolute atomic E-state index is 11.9. The van der Waals surface area contributed by atoms with Gasteiger partial charge in [-0.1, -0.05) is 25.1 Å². The van der Waals surface area contributed by atoms with Crippen LogP contribution in [-0.2, 0) is 11.2 Å². The predicted molar refractivity (Wildman–Crippen MR) is 86.5 cm³/mol. The molecular formula is C17H28N2O2. The smallest absolute Gasteiger partial charge is 0.258 e. The molecule has 0 aliphatic heterocycles. The highest BCUT2D eigenvalue weighted by Crippen LogP contribution is 2.24. The van der Waals surface area contributed by atoms with E-state index in [9.17, 15) is 4.79 Å². The lowest BCUT2D eigenvalue weighted by Crippen LogP contribution is -2.43. The summed E-state index contributed by atoms with van der Waals surface area (Å²) in [6.07, 6.45) is 1.67.